The fourth-order valence-electron chi connectivity index (χ4n) is 1.67. The fraction of sp³-hybridized carbons (Fsp3) is 0.462. The molecule has 0 radical (unpaired) electrons. The quantitative estimate of drug-likeness (QED) is 0.800. The molecule has 0 amide bonds. The number of ether oxygens (including phenoxy) is 1. The Morgan fingerprint density at radius 2 is 2.00 bits per heavy atom. The molecule has 0 fully saturated rings. The average Bonchev–Trinajstić information content (AvgIpc) is 2.32. The molecule has 19 heavy (non-hydrogen) atoms. The molecule has 6 heteroatoms. The summed E-state index contributed by atoms with van der Waals surface area (Å²) in [6.07, 6.45) is -0.519. The van der Waals surface area contributed by atoms with Crippen LogP contribution in [0.2, 0.25) is 0 Å². The van der Waals surface area contributed by atoms with E-state index in [9.17, 15) is 13.6 Å². The van der Waals surface area contributed by atoms with Crippen molar-refractivity contribution >= 4 is 5.97 Å². The zero-order chi connectivity index (χ0) is 14.4. The van der Waals surface area contributed by atoms with Crippen LogP contribution in [0.5, 0.6) is 5.75 Å². The molecule has 4 nitrogen and oxygen atoms in total. The second kappa shape index (κ2) is 7.04. The van der Waals surface area contributed by atoms with Gasteiger partial charge in [0.2, 0.25) is 0 Å². The molecule has 1 unspecified atom stereocenters. The van der Waals surface area contributed by atoms with E-state index < -0.39 is 29.5 Å². The van der Waals surface area contributed by atoms with Crippen LogP contribution in [0.4, 0.5) is 8.78 Å². The van der Waals surface area contributed by atoms with Crippen LogP contribution < -0.4 is 10.1 Å². The second-order valence-electron chi connectivity index (χ2n) is 4.15. The van der Waals surface area contributed by atoms with Crippen LogP contribution in [-0.4, -0.2) is 24.2 Å². The van der Waals surface area contributed by atoms with Crippen molar-refractivity contribution in [2.75, 3.05) is 7.05 Å². The molecule has 106 valence electrons. The molecular weight excluding hydrogens is 256 g/mol. The Morgan fingerprint density at radius 1 is 1.42 bits per heavy atom. The minimum atomic E-state index is -1.25. The zero-order valence-corrected chi connectivity index (χ0v) is 10.9. The summed E-state index contributed by atoms with van der Waals surface area (Å²) in [5.41, 5.74) is 0.423. The SMILES string of the molecule is CCCC(Oc1c(F)cc(CNC)cc1F)C(=O)O. The number of hydrogen-bond donors (Lipinski definition) is 2. The largest absolute Gasteiger partial charge is 0.479 e. The van der Waals surface area contributed by atoms with Crippen molar-refractivity contribution < 1.29 is 23.4 Å². The molecule has 0 aliphatic heterocycles. The maximum atomic E-state index is 13.7. The first-order valence-electron chi connectivity index (χ1n) is 6.01. The van der Waals surface area contributed by atoms with Crippen molar-refractivity contribution in [2.45, 2.75) is 32.4 Å². The predicted octanol–water partition coefficient (Wildman–Crippen LogP) is 2.32. The van der Waals surface area contributed by atoms with E-state index in [0.717, 1.165) is 12.1 Å². The van der Waals surface area contributed by atoms with Crippen LogP contribution in [-0.2, 0) is 11.3 Å². The van der Waals surface area contributed by atoms with E-state index in [1.807, 2.05) is 0 Å². The molecule has 1 atom stereocenters. The molecule has 1 aromatic carbocycles. The molecular formula is C13H17F2NO3. The Labute approximate surface area is 110 Å². The summed E-state index contributed by atoms with van der Waals surface area (Å²) in [4.78, 5) is 10.9. The number of benzene rings is 1. The molecule has 1 aromatic rings. The van der Waals surface area contributed by atoms with Crippen molar-refractivity contribution in [1.82, 2.24) is 5.32 Å². The number of nitrogens with one attached hydrogen (secondary N) is 1. The van der Waals surface area contributed by atoms with Crippen LogP contribution in [0.1, 0.15) is 25.3 Å². The van der Waals surface area contributed by atoms with E-state index in [4.69, 9.17) is 9.84 Å². The first-order chi connectivity index (χ1) is 8.99. The topological polar surface area (TPSA) is 58.6 Å². The van der Waals surface area contributed by atoms with Gasteiger partial charge in [-0.25, -0.2) is 13.6 Å². The Balaban J connectivity index is 2.97. The predicted molar refractivity (Wildman–Crippen MR) is 66.1 cm³/mol. The first-order valence-corrected chi connectivity index (χ1v) is 6.01. The van der Waals surface area contributed by atoms with Crippen molar-refractivity contribution in [3.63, 3.8) is 0 Å². The van der Waals surface area contributed by atoms with Gasteiger partial charge < -0.3 is 15.2 Å². The van der Waals surface area contributed by atoms with Gasteiger partial charge in [-0.15, -0.1) is 0 Å². The smallest absolute Gasteiger partial charge is 0.344 e. The van der Waals surface area contributed by atoms with Crippen molar-refractivity contribution in [1.29, 1.82) is 0 Å². The molecule has 0 aliphatic rings. The van der Waals surface area contributed by atoms with E-state index in [0.29, 0.717) is 18.5 Å². The first kappa shape index (κ1) is 15.4. The van der Waals surface area contributed by atoms with Gasteiger partial charge >= 0.3 is 5.97 Å². The van der Waals surface area contributed by atoms with Crippen molar-refractivity contribution in [3.05, 3.63) is 29.3 Å². The summed E-state index contributed by atoms with van der Waals surface area (Å²) in [6, 6.07) is 2.25. The minimum absolute atomic E-state index is 0.187. The molecule has 0 spiro atoms. The van der Waals surface area contributed by atoms with E-state index in [1.54, 1.807) is 14.0 Å². The van der Waals surface area contributed by atoms with Gasteiger partial charge in [-0.1, -0.05) is 13.3 Å². The van der Waals surface area contributed by atoms with Gasteiger partial charge in [-0.05, 0) is 31.2 Å². The summed E-state index contributed by atoms with van der Waals surface area (Å²) in [5, 5.41) is 11.7. The standard InChI is InChI=1S/C13H17F2NO3/c1-3-4-11(13(17)18)19-12-9(14)5-8(7-16-2)6-10(12)15/h5-6,11,16H,3-4,7H2,1-2H3,(H,17,18). The third kappa shape index (κ3) is 4.17. The number of hydrogen-bond acceptors (Lipinski definition) is 3. The fourth-order valence-corrected chi connectivity index (χ4v) is 1.67. The Bertz CT molecular complexity index is 429. The highest BCUT2D eigenvalue weighted by Gasteiger charge is 2.22. The lowest BCUT2D eigenvalue weighted by atomic mass is 10.2. The molecule has 0 aromatic heterocycles. The lowest BCUT2D eigenvalue weighted by molar-refractivity contribution is -0.145. The number of halogens is 2. The lowest BCUT2D eigenvalue weighted by Gasteiger charge is -2.16. The van der Waals surface area contributed by atoms with E-state index in [2.05, 4.69) is 5.32 Å². The lowest BCUT2D eigenvalue weighted by Crippen LogP contribution is -2.27. The highest BCUT2D eigenvalue weighted by atomic mass is 19.1. The third-order valence-electron chi connectivity index (χ3n) is 2.53. The van der Waals surface area contributed by atoms with E-state index in [-0.39, 0.29) is 6.42 Å². The Kier molecular flexibility index (Phi) is 5.69. The molecule has 0 heterocycles. The summed E-state index contributed by atoms with van der Waals surface area (Å²) in [7, 11) is 1.65. The third-order valence-corrected chi connectivity index (χ3v) is 2.53. The minimum Gasteiger partial charge on any atom is -0.479 e. The molecule has 0 aliphatic carbocycles. The summed E-state index contributed by atoms with van der Waals surface area (Å²) < 4.78 is 32.4. The maximum absolute atomic E-state index is 13.7. The van der Waals surface area contributed by atoms with Gasteiger partial charge in [0.05, 0.1) is 0 Å². The van der Waals surface area contributed by atoms with Crippen LogP contribution >= 0.6 is 0 Å². The van der Waals surface area contributed by atoms with Crippen molar-refractivity contribution in [3.8, 4) is 5.75 Å². The van der Waals surface area contributed by atoms with Gasteiger partial charge in [0, 0.05) is 6.54 Å². The summed E-state index contributed by atoms with van der Waals surface area (Å²) in [5.74, 6) is -3.67. The van der Waals surface area contributed by atoms with E-state index in [1.165, 1.54) is 0 Å². The van der Waals surface area contributed by atoms with Crippen molar-refractivity contribution in [2.24, 2.45) is 0 Å². The number of carboxylic acid groups (broad SMARTS) is 1. The highest BCUT2D eigenvalue weighted by molar-refractivity contribution is 5.72. The summed E-state index contributed by atoms with van der Waals surface area (Å²) in [6.45, 7) is 2.08. The number of rotatable bonds is 7. The highest BCUT2D eigenvalue weighted by Crippen LogP contribution is 2.25. The van der Waals surface area contributed by atoms with Gasteiger partial charge in [0.1, 0.15) is 0 Å². The Morgan fingerprint density at radius 3 is 2.42 bits per heavy atom. The second-order valence-corrected chi connectivity index (χ2v) is 4.15. The van der Waals surface area contributed by atoms with Gasteiger partial charge in [0.15, 0.2) is 23.5 Å². The average molecular weight is 273 g/mol. The molecule has 0 bridgehead atoms. The molecule has 0 saturated carbocycles. The molecule has 1 rings (SSSR count). The summed E-state index contributed by atoms with van der Waals surface area (Å²) >= 11 is 0. The number of carboxylic acids is 1. The normalized spacial score (nSPS) is 12.2. The monoisotopic (exact) mass is 273 g/mol. The van der Waals surface area contributed by atoms with Crippen LogP contribution in [0, 0.1) is 11.6 Å². The van der Waals surface area contributed by atoms with Gasteiger partial charge in [-0.2, -0.15) is 0 Å². The number of carbonyl (C=O) groups is 1. The maximum Gasteiger partial charge on any atom is 0.344 e. The van der Waals surface area contributed by atoms with Crippen LogP contribution in [0.25, 0.3) is 0 Å². The molecule has 2 N–H and O–H groups in total. The number of aliphatic carboxylic acids is 1. The van der Waals surface area contributed by atoms with Crippen LogP contribution in [0.3, 0.4) is 0 Å². The van der Waals surface area contributed by atoms with Crippen LogP contribution in [0.15, 0.2) is 12.1 Å². The molecule has 0 saturated heterocycles. The zero-order valence-electron chi connectivity index (χ0n) is 10.9. The van der Waals surface area contributed by atoms with Gasteiger partial charge in [-0.3, -0.25) is 0 Å². The Hall–Kier alpha value is -1.69. The van der Waals surface area contributed by atoms with E-state index >= 15 is 0 Å². The van der Waals surface area contributed by atoms with Gasteiger partial charge in [0.25, 0.3) is 0 Å².